The third kappa shape index (κ3) is 2.93. The molecule has 1 N–H and O–H groups in total. The van der Waals surface area contributed by atoms with Crippen molar-refractivity contribution < 1.29 is 9.53 Å². The summed E-state index contributed by atoms with van der Waals surface area (Å²) >= 11 is 0. The molecule has 2 aliphatic heterocycles. The van der Waals surface area contributed by atoms with Gasteiger partial charge in [-0.15, -0.1) is 0 Å². The van der Waals surface area contributed by atoms with Crippen molar-refractivity contribution in [3.05, 3.63) is 29.6 Å². The fourth-order valence-corrected chi connectivity index (χ4v) is 3.99. The lowest BCUT2D eigenvalue weighted by atomic mass is 9.93. The minimum atomic E-state index is 0.149. The van der Waals surface area contributed by atoms with Crippen molar-refractivity contribution in [3.63, 3.8) is 0 Å². The van der Waals surface area contributed by atoms with Crippen LogP contribution in [0.1, 0.15) is 43.0 Å². The number of imidazole rings is 1. The third-order valence-corrected chi connectivity index (χ3v) is 5.42. The van der Waals surface area contributed by atoms with Gasteiger partial charge in [0.05, 0.1) is 11.0 Å². The summed E-state index contributed by atoms with van der Waals surface area (Å²) in [5.74, 6) is 1.81. The lowest BCUT2D eigenvalue weighted by Gasteiger charge is -2.35. The lowest BCUT2D eigenvalue weighted by Crippen LogP contribution is -2.43. The molecule has 1 atom stereocenters. The largest absolute Gasteiger partial charge is 0.381 e. The van der Waals surface area contributed by atoms with Gasteiger partial charge in [0.1, 0.15) is 5.82 Å². The first-order valence-electron chi connectivity index (χ1n) is 9.04. The minimum absolute atomic E-state index is 0.149. The number of carbonyl (C=O) groups is 1. The predicted octanol–water partition coefficient (Wildman–Crippen LogP) is 3.00. The van der Waals surface area contributed by atoms with Crippen LogP contribution < -0.4 is 0 Å². The second-order valence-electron chi connectivity index (χ2n) is 7.10. The summed E-state index contributed by atoms with van der Waals surface area (Å²) in [6.07, 6.45) is 3.87. The third-order valence-electron chi connectivity index (χ3n) is 5.42. The van der Waals surface area contributed by atoms with Gasteiger partial charge in [0, 0.05) is 38.1 Å². The molecule has 1 amide bonds. The highest BCUT2D eigenvalue weighted by Gasteiger charge is 2.31. The molecular formula is C19H25N3O2. The van der Waals surface area contributed by atoms with Crippen LogP contribution in [0, 0.1) is 12.8 Å². The second-order valence-corrected chi connectivity index (χ2v) is 7.10. The first-order valence-corrected chi connectivity index (χ1v) is 9.04. The summed E-state index contributed by atoms with van der Waals surface area (Å²) in [5, 5.41) is 0. The Balaban J connectivity index is 1.51. The standard InChI is InChI=1S/C19H25N3O2/c1-13-4-2-6-16-17(13)21-18(20-16)15-5-3-9-22(12-15)19(23)14-7-10-24-11-8-14/h2,4,6,14-15H,3,5,7-12H2,1H3,(H,20,21). The van der Waals surface area contributed by atoms with Crippen molar-refractivity contribution in [3.8, 4) is 0 Å². The van der Waals surface area contributed by atoms with Crippen LogP contribution >= 0.6 is 0 Å². The number of aromatic amines is 1. The van der Waals surface area contributed by atoms with E-state index < -0.39 is 0 Å². The van der Waals surface area contributed by atoms with E-state index in [0.717, 1.165) is 68.8 Å². The zero-order valence-electron chi connectivity index (χ0n) is 14.3. The normalized spacial score (nSPS) is 22.9. The number of nitrogens with one attached hydrogen (secondary N) is 1. The molecule has 0 aliphatic carbocycles. The summed E-state index contributed by atoms with van der Waals surface area (Å²) in [4.78, 5) is 23.2. The Morgan fingerprint density at radius 2 is 2.12 bits per heavy atom. The van der Waals surface area contributed by atoms with E-state index in [1.54, 1.807) is 0 Å². The molecule has 5 heteroatoms. The lowest BCUT2D eigenvalue weighted by molar-refractivity contribution is -0.139. The van der Waals surface area contributed by atoms with Crippen LogP contribution in [0.5, 0.6) is 0 Å². The molecule has 5 nitrogen and oxygen atoms in total. The van der Waals surface area contributed by atoms with Crippen molar-refractivity contribution >= 4 is 16.9 Å². The number of piperidine rings is 1. The highest BCUT2D eigenvalue weighted by atomic mass is 16.5. The summed E-state index contributed by atoms with van der Waals surface area (Å²) in [6, 6.07) is 6.23. The number of hydrogen-bond acceptors (Lipinski definition) is 3. The number of likely N-dealkylation sites (tertiary alicyclic amines) is 1. The van der Waals surface area contributed by atoms with E-state index in [2.05, 4.69) is 35.0 Å². The van der Waals surface area contributed by atoms with E-state index >= 15 is 0 Å². The Morgan fingerprint density at radius 3 is 2.92 bits per heavy atom. The van der Waals surface area contributed by atoms with Gasteiger partial charge in [-0.2, -0.15) is 0 Å². The SMILES string of the molecule is Cc1cccc2[nH]c(C3CCCN(C(=O)C4CCOCC4)C3)nc12. The number of aryl methyl sites for hydroxylation is 1. The molecule has 2 fully saturated rings. The fourth-order valence-electron chi connectivity index (χ4n) is 3.99. The number of carbonyl (C=O) groups excluding carboxylic acids is 1. The van der Waals surface area contributed by atoms with Crippen molar-refractivity contribution in [1.82, 2.24) is 14.9 Å². The van der Waals surface area contributed by atoms with Crippen molar-refractivity contribution in [2.75, 3.05) is 26.3 Å². The van der Waals surface area contributed by atoms with Crippen LogP contribution in [0.15, 0.2) is 18.2 Å². The maximum atomic E-state index is 12.8. The number of benzene rings is 1. The fraction of sp³-hybridized carbons (Fsp3) is 0.579. The van der Waals surface area contributed by atoms with E-state index in [4.69, 9.17) is 9.72 Å². The van der Waals surface area contributed by atoms with Crippen LogP contribution in [0.25, 0.3) is 11.0 Å². The number of para-hydroxylation sites is 1. The molecule has 0 bridgehead atoms. The Kier molecular flexibility index (Phi) is 4.27. The van der Waals surface area contributed by atoms with Crippen LogP contribution in [0.2, 0.25) is 0 Å². The number of amides is 1. The van der Waals surface area contributed by atoms with Gasteiger partial charge in [-0.3, -0.25) is 4.79 Å². The van der Waals surface area contributed by atoms with E-state index in [9.17, 15) is 4.79 Å². The Labute approximate surface area is 142 Å². The van der Waals surface area contributed by atoms with E-state index in [1.807, 2.05) is 0 Å². The minimum Gasteiger partial charge on any atom is -0.381 e. The molecular weight excluding hydrogens is 302 g/mol. The number of nitrogens with zero attached hydrogens (tertiary/aromatic N) is 2. The van der Waals surface area contributed by atoms with Crippen LogP contribution in [-0.2, 0) is 9.53 Å². The molecule has 1 aromatic carbocycles. The molecule has 1 aromatic heterocycles. The number of fused-ring (bicyclic) bond motifs is 1. The molecule has 2 saturated heterocycles. The quantitative estimate of drug-likeness (QED) is 0.922. The van der Waals surface area contributed by atoms with Crippen LogP contribution in [0.3, 0.4) is 0 Å². The maximum absolute atomic E-state index is 12.8. The molecule has 0 radical (unpaired) electrons. The van der Waals surface area contributed by atoms with Gasteiger partial charge in [0.2, 0.25) is 5.91 Å². The number of H-pyrrole nitrogens is 1. The van der Waals surface area contributed by atoms with Crippen molar-refractivity contribution in [2.24, 2.45) is 5.92 Å². The van der Waals surface area contributed by atoms with Crippen molar-refractivity contribution in [1.29, 1.82) is 0 Å². The average Bonchev–Trinajstić information content (AvgIpc) is 3.08. The first kappa shape index (κ1) is 15.6. The molecule has 1 unspecified atom stereocenters. The smallest absolute Gasteiger partial charge is 0.225 e. The molecule has 2 aromatic rings. The molecule has 24 heavy (non-hydrogen) atoms. The molecule has 0 spiro atoms. The summed E-state index contributed by atoms with van der Waals surface area (Å²) in [5.41, 5.74) is 3.35. The second kappa shape index (κ2) is 6.55. The average molecular weight is 327 g/mol. The zero-order chi connectivity index (χ0) is 16.5. The predicted molar refractivity (Wildman–Crippen MR) is 92.9 cm³/mol. The zero-order valence-corrected chi connectivity index (χ0v) is 14.3. The summed E-state index contributed by atoms with van der Waals surface area (Å²) < 4.78 is 5.39. The van der Waals surface area contributed by atoms with E-state index in [0.29, 0.717) is 11.8 Å². The van der Waals surface area contributed by atoms with Crippen LogP contribution in [0.4, 0.5) is 0 Å². The molecule has 128 valence electrons. The number of rotatable bonds is 2. The Morgan fingerprint density at radius 1 is 1.29 bits per heavy atom. The topological polar surface area (TPSA) is 58.2 Å². The highest BCUT2D eigenvalue weighted by Crippen LogP contribution is 2.29. The molecule has 0 saturated carbocycles. The van der Waals surface area contributed by atoms with Gasteiger partial charge in [-0.1, -0.05) is 12.1 Å². The van der Waals surface area contributed by atoms with Gasteiger partial charge in [0.25, 0.3) is 0 Å². The number of ether oxygens (including phenoxy) is 1. The monoisotopic (exact) mass is 327 g/mol. The van der Waals surface area contributed by atoms with Gasteiger partial charge in [-0.25, -0.2) is 4.98 Å². The number of aromatic nitrogens is 2. The Bertz CT molecular complexity index is 733. The number of hydrogen-bond donors (Lipinski definition) is 1. The molecule has 4 rings (SSSR count). The molecule has 2 aliphatic rings. The van der Waals surface area contributed by atoms with Gasteiger partial charge in [0.15, 0.2) is 0 Å². The van der Waals surface area contributed by atoms with Crippen LogP contribution in [-0.4, -0.2) is 47.1 Å². The van der Waals surface area contributed by atoms with Gasteiger partial charge >= 0.3 is 0 Å². The Hall–Kier alpha value is -1.88. The highest BCUT2D eigenvalue weighted by molar-refractivity contribution is 5.80. The first-order chi connectivity index (χ1) is 11.7. The van der Waals surface area contributed by atoms with Gasteiger partial charge < -0.3 is 14.6 Å². The summed E-state index contributed by atoms with van der Waals surface area (Å²) in [7, 11) is 0. The maximum Gasteiger partial charge on any atom is 0.225 e. The van der Waals surface area contributed by atoms with Crippen molar-refractivity contribution in [2.45, 2.75) is 38.5 Å². The van der Waals surface area contributed by atoms with E-state index in [-0.39, 0.29) is 5.92 Å². The summed E-state index contributed by atoms with van der Waals surface area (Å²) in [6.45, 7) is 5.20. The molecule has 3 heterocycles. The van der Waals surface area contributed by atoms with Gasteiger partial charge in [-0.05, 0) is 44.2 Å². The van der Waals surface area contributed by atoms with E-state index in [1.165, 1.54) is 5.56 Å².